The highest BCUT2D eigenvalue weighted by molar-refractivity contribution is 5.43. The van der Waals surface area contributed by atoms with E-state index in [2.05, 4.69) is 5.32 Å². The molecular weight excluding hydrogens is 243 g/mol. The number of alkyl halides is 3. The normalized spacial score (nSPS) is 18.6. The number of hydrogen-bond donors (Lipinski definition) is 1. The van der Waals surface area contributed by atoms with E-state index in [1.54, 1.807) is 0 Å². The van der Waals surface area contributed by atoms with Crippen LogP contribution in [0.4, 0.5) is 13.2 Å². The molecule has 0 fully saturated rings. The van der Waals surface area contributed by atoms with Gasteiger partial charge in [-0.2, -0.15) is 13.2 Å². The number of nitrogens with one attached hydrogen (secondary N) is 1. The largest absolute Gasteiger partial charge is 0.493 e. The summed E-state index contributed by atoms with van der Waals surface area (Å²) in [5.74, 6) is 0.674. The zero-order valence-corrected chi connectivity index (χ0v) is 10.2. The van der Waals surface area contributed by atoms with Gasteiger partial charge < -0.3 is 10.1 Å². The summed E-state index contributed by atoms with van der Waals surface area (Å²) >= 11 is 0. The van der Waals surface area contributed by atoms with Crippen molar-refractivity contribution < 1.29 is 17.9 Å². The van der Waals surface area contributed by atoms with Crippen molar-refractivity contribution in [1.29, 1.82) is 0 Å². The van der Waals surface area contributed by atoms with E-state index < -0.39 is 11.7 Å². The summed E-state index contributed by atoms with van der Waals surface area (Å²) in [4.78, 5) is 0. The van der Waals surface area contributed by atoms with Crippen LogP contribution in [-0.4, -0.2) is 20.2 Å². The monoisotopic (exact) mass is 259 g/mol. The number of halogens is 3. The van der Waals surface area contributed by atoms with Gasteiger partial charge in [0.25, 0.3) is 0 Å². The first-order valence-electron chi connectivity index (χ1n) is 6.01. The highest BCUT2D eigenvalue weighted by Crippen LogP contribution is 2.40. The molecule has 1 aliphatic heterocycles. The van der Waals surface area contributed by atoms with Gasteiger partial charge in [0.1, 0.15) is 5.75 Å². The Balaban J connectivity index is 2.15. The molecule has 1 aromatic rings. The zero-order valence-electron chi connectivity index (χ0n) is 10.2. The molecule has 2 nitrogen and oxygen atoms in total. The van der Waals surface area contributed by atoms with Crippen molar-refractivity contribution in [3.63, 3.8) is 0 Å². The molecule has 2 rings (SSSR count). The third-order valence-corrected chi connectivity index (χ3v) is 3.20. The molecule has 0 aromatic heterocycles. The van der Waals surface area contributed by atoms with E-state index in [4.69, 9.17) is 4.74 Å². The number of hydrogen-bond acceptors (Lipinski definition) is 2. The molecule has 1 atom stereocenters. The molecule has 18 heavy (non-hydrogen) atoms. The number of rotatable bonds is 4. The van der Waals surface area contributed by atoms with Crippen LogP contribution in [0.2, 0.25) is 0 Å². The summed E-state index contributed by atoms with van der Waals surface area (Å²) in [6.07, 6.45) is -2.51. The Labute approximate surface area is 104 Å². The molecule has 100 valence electrons. The first kappa shape index (κ1) is 13.2. The summed E-state index contributed by atoms with van der Waals surface area (Å²) in [6, 6.07) is 3.73. The van der Waals surface area contributed by atoms with Crippen molar-refractivity contribution in [2.45, 2.75) is 24.9 Å². The lowest BCUT2D eigenvalue weighted by Gasteiger charge is -2.11. The predicted molar refractivity (Wildman–Crippen MR) is 62.8 cm³/mol. The fourth-order valence-corrected chi connectivity index (χ4v) is 2.22. The number of fused-ring (bicyclic) bond motifs is 1. The van der Waals surface area contributed by atoms with Crippen LogP contribution in [0.5, 0.6) is 5.75 Å². The molecule has 1 aliphatic rings. The SMILES string of the molecule is CNCCCC1COc2ccc(C(F)(F)F)cc21. The lowest BCUT2D eigenvalue weighted by atomic mass is 9.94. The van der Waals surface area contributed by atoms with Crippen LogP contribution in [0, 0.1) is 0 Å². The lowest BCUT2D eigenvalue weighted by molar-refractivity contribution is -0.137. The van der Waals surface area contributed by atoms with Gasteiger partial charge in [-0.25, -0.2) is 0 Å². The molecule has 1 unspecified atom stereocenters. The maximum atomic E-state index is 12.6. The first-order valence-corrected chi connectivity index (χ1v) is 6.01. The smallest absolute Gasteiger partial charge is 0.416 e. The minimum atomic E-state index is -4.28. The Morgan fingerprint density at radius 3 is 2.83 bits per heavy atom. The van der Waals surface area contributed by atoms with Crippen molar-refractivity contribution in [3.05, 3.63) is 29.3 Å². The van der Waals surface area contributed by atoms with E-state index in [0.29, 0.717) is 17.9 Å². The molecule has 0 aliphatic carbocycles. The summed E-state index contributed by atoms with van der Waals surface area (Å²) in [7, 11) is 1.86. The highest BCUT2D eigenvalue weighted by atomic mass is 19.4. The van der Waals surface area contributed by atoms with Crippen LogP contribution in [0.3, 0.4) is 0 Å². The minimum Gasteiger partial charge on any atom is -0.493 e. The highest BCUT2D eigenvalue weighted by Gasteiger charge is 2.33. The van der Waals surface area contributed by atoms with Gasteiger partial charge in [0.05, 0.1) is 12.2 Å². The van der Waals surface area contributed by atoms with E-state index in [-0.39, 0.29) is 5.92 Å². The first-order chi connectivity index (χ1) is 8.52. The standard InChI is InChI=1S/C13H16F3NO/c1-17-6-2-3-9-8-18-12-5-4-10(7-11(9)12)13(14,15)16/h4-5,7,9,17H,2-3,6,8H2,1H3. The summed E-state index contributed by atoms with van der Waals surface area (Å²) in [6.45, 7) is 1.35. The topological polar surface area (TPSA) is 21.3 Å². The summed E-state index contributed by atoms with van der Waals surface area (Å²) < 4.78 is 43.3. The van der Waals surface area contributed by atoms with Gasteiger partial charge in [0.15, 0.2) is 0 Å². The second-order valence-corrected chi connectivity index (χ2v) is 4.50. The van der Waals surface area contributed by atoms with Gasteiger partial charge in [0, 0.05) is 11.5 Å². The van der Waals surface area contributed by atoms with Crippen molar-refractivity contribution in [2.24, 2.45) is 0 Å². The van der Waals surface area contributed by atoms with Crippen LogP contribution in [-0.2, 0) is 6.18 Å². The Bertz CT molecular complexity index is 417. The van der Waals surface area contributed by atoms with Crippen molar-refractivity contribution in [1.82, 2.24) is 5.32 Å². The molecule has 1 heterocycles. The average molecular weight is 259 g/mol. The minimum absolute atomic E-state index is 0.0793. The Morgan fingerprint density at radius 1 is 1.39 bits per heavy atom. The van der Waals surface area contributed by atoms with Crippen LogP contribution >= 0.6 is 0 Å². The molecule has 0 saturated heterocycles. The van der Waals surface area contributed by atoms with Crippen LogP contribution < -0.4 is 10.1 Å². The van der Waals surface area contributed by atoms with Crippen LogP contribution in [0.15, 0.2) is 18.2 Å². The van der Waals surface area contributed by atoms with Gasteiger partial charge >= 0.3 is 6.18 Å². The predicted octanol–water partition coefficient (Wildman–Crippen LogP) is 3.18. The van der Waals surface area contributed by atoms with E-state index >= 15 is 0 Å². The molecule has 1 N–H and O–H groups in total. The fraction of sp³-hybridized carbons (Fsp3) is 0.538. The Morgan fingerprint density at radius 2 is 2.17 bits per heavy atom. The van der Waals surface area contributed by atoms with Crippen LogP contribution in [0.25, 0.3) is 0 Å². The molecule has 0 amide bonds. The second kappa shape index (κ2) is 5.18. The maximum Gasteiger partial charge on any atom is 0.416 e. The van der Waals surface area contributed by atoms with Gasteiger partial charge in [-0.1, -0.05) is 0 Å². The van der Waals surface area contributed by atoms with E-state index in [9.17, 15) is 13.2 Å². The zero-order chi connectivity index (χ0) is 13.2. The van der Waals surface area contributed by atoms with Crippen molar-refractivity contribution in [2.75, 3.05) is 20.2 Å². The van der Waals surface area contributed by atoms with Gasteiger partial charge in [0.2, 0.25) is 0 Å². The molecule has 1 aromatic carbocycles. The summed E-state index contributed by atoms with van der Waals surface area (Å²) in [5.41, 5.74) is 0.103. The van der Waals surface area contributed by atoms with E-state index in [0.717, 1.165) is 25.5 Å². The van der Waals surface area contributed by atoms with Crippen LogP contribution in [0.1, 0.15) is 29.9 Å². The molecule has 0 bridgehead atoms. The van der Waals surface area contributed by atoms with E-state index in [1.807, 2.05) is 7.05 Å². The summed E-state index contributed by atoms with van der Waals surface area (Å²) in [5, 5.41) is 3.03. The molecule has 0 radical (unpaired) electrons. The number of benzene rings is 1. The second-order valence-electron chi connectivity index (χ2n) is 4.50. The molecular formula is C13H16F3NO. The molecule has 5 heteroatoms. The van der Waals surface area contributed by atoms with Gasteiger partial charge in [-0.3, -0.25) is 0 Å². The van der Waals surface area contributed by atoms with Crippen molar-refractivity contribution in [3.8, 4) is 5.75 Å². The van der Waals surface area contributed by atoms with Crippen molar-refractivity contribution >= 4 is 0 Å². The fourth-order valence-electron chi connectivity index (χ4n) is 2.22. The Kier molecular flexibility index (Phi) is 3.80. The van der Waals surface area contributed by atoms with Gasteiger partial charge in [-0.15, -0.1) is 0 Å². The number of ether oxygens (including phenoxy) is 1. The Hall–Kier alpha value is -1.23. The van der Waals surface area contributed by atoms with Gasteiger partial charge in [-0.05, 0) is 44.6 Å². The maximum absolute atomic E-state index is 12.6. The quantitative estimate of drug-likeness (QED) is 0.838. The third kappa shape index (κ3) is 2.77. The molecule has 0 saturated carbocycles. The lowest BCUT2D eigenvalue weighted by Crippen LogP contribution is -2.10. The van der Waals surface area contributed by atoms with E-state index in [1.165, 1.54) is 12.1 Å². The third-order valence-electron chi connectivity index (χ3n) is 3.20. The average Bonchev–Trinajstić information content (AvgIpc) is 2.71. The molecule has 0 spiro atoms.